The van der Waals surface area contributed by atoms with Gasteiger partial charge in [-0.3, -0.25) is 0 Å². The minimum absolute atomic E-state index is 0. The van der Waals surface area contributed by atoms with Crippen molar-refractivity contribution in [2.24, 2.45) is 0 Å². The molecule has 0 aliphatic carbocycles. The Morgan fingerprint density at radius 1 is 1.11 bits per heavy atom. The van der Waals surface area contributed by atoms with Crippen molar-refractivity contribution in [3.63, 3.8) is 0 Å². The number of hydrogen-bond donors (Lipinski definition) is 3. The van der Waals surface area contributed by atoms with Gasteiger partial charge in [0.2, 0.25) is 0 Å². The van der Waals surface area contributed by atoms with E-state index in [0.717, 1.165) is 0 Å². The average molecular weight is 307 g/mol. The van der Waals surface area contributed by atoms with E-state index in [1.54, 1.807) is 0 Å². The molecule has 0 spiro atoms. The van der Waals surface area contributed by atoms with E-state index in [2.05, 4.69) is 0 Å². The molecule has 0 radical (unpaired) electrons. The van der Waals surface area contributed by atoms with E-state index < -0.39 is 7.82 Å². The van der Waals surface area contributed by atoms with Gasteiger partial charge in [0.1, 0.15) is 0 Å². The van der Waals surface area contributed by atoms with Crippen LogP contribution in [0.5, 0.6) is 0 Å². The van der Waals surface area contributed by atoms with Crippen LogP contribution in [-0.2, 0) is 45.1 Å². The van der Waals surface area contributed by atoms with E-state index in [1.807, 2.05) is 0 Å². The monoisotopic (exact) mass is 308 g/mol. The van der Waals surface area contributed by atoms with Gasteiger partial charge >= 0.3 is 7.82 Å². The van der Waals surface area contributed by atoms with Gasteiger partial charge in [-0.1, -0.05) is 0 Å². The molecule has 0 saturated heterocycles. The first kappa shape index (κ1) is 30.7. The molecule has 0 aromatic rings. The van der Waals surface area contributed by atoms with Gasteiger partial charge in [0.25, 0.3) is 0 Å². The molecule has 5 N–H and O–H groups in total. The van der Waals surface area contributed by atoms with Crippen molar-refractivity contribution in [1.29, 1.82) is 0 Å². The van der Waals surface area contributed by atoms with Crippen molar-refractivity contribution in [2.45, 2.75) is 0 Å². The van der Waals surface area contributed by atoms with Gasteiger partial charge in [0.05, 0.1) is 0 Å². The van der Waals surface area contributed by atoms with Crippen molar-refractivity contribution in [3.8, 4) is 0 Å². The zero-order chi connectivity index (χ0) is 4.50. The van der Waals surface area contributed by atoms with Gasteiger partial charge < -0.3 is 20.2 Å². The molecule has 0 aliphatic rings. The van der Waals surface area contributed by atoms with Gasteiger partial charge in [-0.2, -0.15) is 0 Å². The zero-order valence-electron chi connectivity index (χ0n) is 3.81. The molecule has 54 valence electrons. The Labute approximate surface area is 89.9 Å². The summed E-state index contributed by atoms with van der Waals surface area (Å²) in [6.07, 6.45) is 0. The van der Waals surface area contributed by atoms with E-state index in [4.69, 9.17) is 19.2 Å². The molecule has 0 atom stereocenters. The SMILES string of the molecule is O.O=P(O)(O)O.[AlH3].[Mo].[Zn]. The maximum atomic E-state index is 8.88. The fourth-order valence-corrected chi connectivity index (χ4v) is 0. The minimum Gasteiger partial charge on any atom is -0.412 e. The maximum Gasteiger partial charge on any atom is 0.466 e. The van der Waals surface area contributed by atoms with Crippen LogP contribution in [0.25, 0.3) is 0 Å². The van der Waals surface area contributed by atoms with Crippen LogP contribution in [0.3, 0.4) is 0 Å². The molecule has 5 nitrogen and oxygen atoms in total. The Morgan fingerprint density at radius 2 is 1.11 bits per heavy atom. The van der Waals surface area contributed by atoms with Crippen LogP contribution >= 0.6 is 7.82 Å². The summed E-state index contributed by atoms with van der Waals surface area (Å²) in [5.41, 5.74) is 0. The summed E-state index contributed by atoms with van der Waals surface area (Å²) < 4.78 is 8.88. The summed E-state index contributed by atoms with van der Waals surface area (Å²) in [5.74, 6) is 0. The smallest absolute Gasteiger partial charge is 0.412 e. The standard InChI is InChI=1S/Al.Mo.H3O4P.H2O.Zn.3H/c;;1-5(2,3)4;;;;;/h;;(H3,1,2,3,4);1H2;;;;. The Hall–Kier alpha value is 1.91. The molecular formula is H8AlMoO5PZn. The van der Waals surface area contributed by atoms with Crippen LogP contribution in [0.1, 0.15) is 0 Å². The molecule has 0 bridgehead atoms. The molecule has 0 fully saturated rings. The summed E-state index contributed by atoms with van der Waals surface area (Å²) in [6.45, 7) is 0. The van der Waals surface area contributed by atoms with Crippen molar-refractivity contribution >= 4 is 25.2 Å². The van der Waals surface area contributed by atoms with Crippen molar-refractivity contribution < 1.29 is 65.3 Å². The van der Waals surface area contributed by atoms with Gasteiger partial charge in [-0.05, 0) is 0 Å². The van der Waals surface area contributed by atoms with Crippen LogP contribution in [0.2, 0.25) is 0 Å². The summed E-state index contributed by atoms with van der Waals surface area (Å²) in [6, 6.07) is 0. The van der Waals surface area contributed by atoms with Crippen molar-refractivity contribution in [3.05, 3.63) is 0 Å². The molecule has 0 aliphatic heterocycles. The van der Waals surface area contributed by atoms with E-state index >= 15 is 0 Å². The van der Waals surface area contributed by atoms with Gasteiger partial charge in [-0.15, -0.1) is 0 Å². The summed E-state index contributed by atoms with van der Waals surface area (Å²) in [7, 11) is -4.64. The van der Waals surface area contributed by atoms with Crippen molar-refractivity contribution in [1.82, 2.24) is 0 Å². The molecule has 0 amide bonds. The fraction of sp³-hybridized carbons (Fsp3) is 0. The quantitative estimate of drug-likeness (QED) is 0.328. The molecule has 0 heterocycles. The first-order valence-electron chi connectivity index (χ1n) is 0.783. The second-order valence-electron chi connectivity index (χ2n) is 0.513. The molecule has 9 heavy (non-hydrogen) atoms. The minimum atomic E-state index is -4.64. The Balaban J connectivity index is -0.0000000133. The largest absolute Gasteiger partial charge is 0.466 e. The molecule has 9 heteroatoms. The Bertz CT molecular complexity index is 63.1. The molecule has 0 aromatic carbocycles. The topological polar surface area (TPSA) is 109 Å². The third kappa shape index (κ3) is 169. The van der Waals surface area contributed by atoms with Gasteiger partial charge in [0.15, 0.2) is 17.4 Å². The molecular weight excluding hydrogens is 299 g/mol. The molecule has 0 rings (SSSR count). The van der Waals surface area contributed by atoms with Crippen molar-refractivity contribution in [2.75, 3.05) is 0 Å². The number of hydrogen-bond acceptors (Lipinski definition) is 1. The second kappa shape index (κ2) is 12.6. The van der Waals surface area contributed by atoms with Crippen LogP contribution < -0.4 is 0 Å². The first-order valence-corrected chi connectivity index (χ1v) is 2.35. The summed E-state index contributed by atoms with van der Waals surface area (Å²) in [5, 5.41) is 0. The van der Waals surface area contributed by atoms with Crippen LogP contribution in [0, 0.1) is 0 Å². The number of rotatable bonds is 0. The van der Waals surface area contributed by atoms with Gasteiger partial charge in [-0.25, -0.2) is 4.57 Å². The van der Waals surface area contributed by atoms with E-state index in [9.17, 15) is 0 Å². The Kier molecular flexibility index (Phi) is 42.9. The van der Waals surface area contributed by atoms with Crippen LogP contribution in [0.4, 0.5) is 0 Å². The molecule has 0 saturated carbocycles. The fourth-order valence-electron chi connectivity index (χ4n) is 0. The Morgan fingerprint density at radius 3 is 1.11 bits per heavy atom. The molecule has 0 aromatic heterocycles. The third-order valence-corrected chi connectivity index (χ3v) is 0. The first-order chi connectivity index (χ1) is 2.00. The van der Waals surface area contributed by atoms with E-state index in [0.29, 0.717) is 0 Å². The predicted octanol–water partition coefficient (Wildman–Crippen LogP) is -2.94. The van der Waals surface area contributed by atoms with E-state index in [1.165, 1.54) is 0 Å². The second-order valence-corrected chi connectivity index (χ2v) is 1.54. The zero-order valence-corrected chi connectivity index (χ0v) is 9.68. The normalized spacial score (nSPS) is 6.56. The number of phosphoric acid groups is 1. The molecule has 0 unspecified atom stereocenters. The predicted molar refractivity (Wildman–Crippen MR) is 27.8 cm³/mol. The van der Waals surface area contributed by atoms with E-state index in [-0.39, 0.29) is 63.4 Å². The summed E-state index contributed by atoms with van der Waals surface area (Å²) in [4.78, 5) is 21.6. The third-order valence-electron chi connectivity index (χ3n) is 0. The summed E-state index contributed by atoms with van der Waals surface area (Å²) >= 11 is 0. The van der Waals surface area contributed by atoms with Crippen LogP contribution in [-0.4, -0.2) is 37.5 Å². The van der Waals surface area contributed by atoms with Crippen LogP contribution in [0.15, 0.2) is 0 Å². The van der Waals surface area contributed by atoms with Gasteiger partial charge in [0, 0.05) is 40.5 Å². The average Bonchev–Trinajstić information content (AvgIpc) is 0.722. The maximum absolute atomic E-state index is 8.88.